The maximum absolute atomic E-state index is 13.2. The highest BCUT2D eigenvalue weighted by Crippen LogP contribution is 2.45. The Morgan fingerprint density at radius 1 is 0.269 bits per heavy atom. The Bertz CT molecular complexity index is 2080. The molecule has 0 radical (unpaired) electrons. The zero-order chi connectivity index (χ0) is 79.3. The molecule has 0 aliphatic carbocycles. The number of aliphatic hydroxyl groups excluding tert-OH is 1. The number of phosphoric ester groups is 2. The van der Waals surface area contributed by atoms with Gasteiger partial charge in [-0.2, -0.15) is 0 Å². The summed E-state index contributed by atoms with van der Waals surface area (Å²) in [6.07, 6.45) is 70.7. The Balaban J connectivity index is 5.25. The molecule has 0 aliphatic heterocycles. The molecule has 0 saturated heterocycles. The fourth-order valence-corrected chi connectivity index (χ4v) is 15.4. The molecule has 642 valence electrons. The highest BCUT2D eigenvalue weighted by Gasteiger charge is 2.31. The first kappa shape index (κ1) is 106. The van der Waals surface area contributed by atoms with Crippen LogP contribution >= 0.6 is 15.6 Å². The Morgan fingerprint density at radius 2 is 0.472 bits per heavy atom. The van der Waals surface area contributed by atoms with Crippen molar-refractivity contribution in [1.29, 1.82) is 0 Å². The molecule has 0 aromatic rings. The van der Waals surface area contributed by atoms with Crippen LogP contribution < -0.4 is 0 Å². The van der Waals surface area contributed by atoms with Gasteiger partial charge in [0.15, 0.2) is 12.2 Å². The number of hydrogen-bond donors (Lipinski definition) is 3. The Hall–Kier alpha value is -1.94. The van der Waals surface area contributed by atoms with E-state index in [0.717, 1.165) is 108 Å². The zero-order valence-corrected chi connectivity index (χ0v) is 73.1. The minimum absolute atomic E-state index is 0.108. The van der Waals surface area contributed by atoms with Crippen molar-refractivity contribution in [2.45, 2.75) is 491 Å². The molecule has 0 saturated carbocycles. The second-order valence-electron chi connectivity index (χ2n) is 33.2. The summed E-state index contributed by atoms with van der Waals surface area (Å²) < 4.78 is 69.0. The van der Waals surface area contributed by atoms with Crippen LogP contribution in [-0.4, -0.2) is 96.7 Å². The molecule has 0 aromatic heterocycles. The Labute approximate surface area is 664 Å². The molecule has 0 bridgehead atoms. The van der Waals surface area contributed by atoms with Crippen molar-refractivity contribution in [3.05, 3.63) is 0 Å². The predicted molar refractivity (Wildman–Crippen MR) is 446 cm³/mol. The highest BCUT2D eigenvalue weighted by molar-refractivity contribution is 7.47. The van der Waals surface area contributed by atoms with Crippen molar-refractivity contribution < 1.29 is 80.2 Å². The van der Waals surface area contributed by atoms with Crippen LogP contribution in [0, 0.1) is 17.8 Å². The smallest absolute Gasteiger partial charge is 0.462 e. The fraction of sp³-hybridized carbons (Fsp3) is 0.955. The van der Waals surface area contributed by atoms with E-state index in [4.69, 9.17) is 37.0 Å². The van der Waals surface area contributed by atoms with E-state index in [0.29, 0.717) is 25.7 Å². The molecule has 0 heterocycles. The van der Waals surface area contributed by atoms with E-state index in [-0.39, 0.29) is 25.7 Å². The molecule has 19 heteroatoms. The van der Waals surface area contributed by atoms with Crippen molar-refractivity contribution in [2.75, 3.05) is 39.6 Å². The summed E-state index contributed by atoms with van der Waals surface area (Å²) in [7, 11) is -9.93. The average molecular weight is 1580 g/mol. The van der Waals surface area contributed by atoms with Gasteiger partial charge in [0.1, 0.15) is 19.3 Å². The molecule has 6 atom stereocenters. The number of unbranched alkanes of at least 4 members (excludes halogenated alkanes) is 54. The van der Waals surface area contributed by atoms with Crippen LogP contribution in [0.3, 0.4) is 0 Å². The lowest BCUT2D eigenvalue weighted by atomic mass is 9.99. The van der Waals surface area contributed by atoms with Gasteiger partial charge in [0.25, 0.3) is 0 Å². The van der Waals surface area contributed by atoms with Crippen LogP contribution in [0.25, 0.3) is 0 Å². The lowest BCUT2D eigenvalue weighted by molar-refractivity contribution is -0.161. The van der Waals surface area contributed by atoms with E-state index < -0.39 is 97.5 Å². The summed E-state index contributed by atoms with van der Waals surface area (Å²) in [6.45, 7) is 12.1. The van der Waals surface area contributed by atoms with Gasteiger partial charge in [-0.15, -0.1) is 0 Å². The number of aliphatic hydroxyl groups is 1. The van der Waals surface area contributed by atoms with Crippen LogP contribution in [-0.2, 0) is 65.4 Å². The van der Waals surface area contributed by atoms with Crippen molar-refractivity contribution in [2.24, 2.45) is 17.8 Å². The molecular formula is C89H174O17P2. The van der Waals surface area contributed by atoms with E-state index in [2.05, 4.69) is 48.5 Å². The van der Waals surface area contributed by atoms with Gasteiger partial charge in [0.05, 0.1) is 26.4 Å². The quantitative estimate of drug-likeness (QED) is 0.0222. The van der Waals surface area contributed by atoms with Crippen LogP contribution in [0.15, 0.2) is 0 Å². The molecule has 0 fully saturated rings. The number of carbonyl (C=O) groups excluding carboxylic acids is 4. The summed E-state index contributed by atoms with van der Waals surface area (Å²) in [4.78, 5) is 73.4. The molecule has 3 unspecified atom stereocenters. The third kappa shape index (κ3) is 80.7. The molecule has 3 N–H and O–H groups in total. The summed E-state index contributed by atoms with van der Waals surface area (Å²) in [6, 6.07) is 0. The van der Waals surface area contributed by atoms with Gasteiger partial charge in [-0.1, -0.05) is 421 Å². The van der Waals surface area contributed by atoms with Gasteiger partial charge >= 0.3 is 39.5 Å². The number of hydrogen-bond acceptors (Lipinski definition) is 15. The molecule has 108 heavy (non-hydrogen) atoms. The van der Waals surface area contributed by atoms with Crippen LogP contribution in [0.2, 0.25) is 0 Å². The maximum Gasteiger partial charge on any atom is 0.472 e. The standard InChI is InChI=1S/C89H174O17P2/c1-8-10-11-12-13-14-15-35-42-49-56-63-70-86(91)99-76-84(105-89(94)73-66-59-52-45-38-31-25-23-27-33-40-47-54-61-68-81(5)6)78-103-107(95,96)101-74-83(90)75-102-108(97,98)104-79-85(77-100-87(92)71-64-57-50-43-36-29-24-22-26-32-39-46-53-60-67-80(3)4)106-88(93)72-65-58-51-44-37-30-21-19-17-16-18-20-28-34-41-48-55-62-69-82(7)9-2/h80-85,90H,8-79H2,1-7H3,(H,95,96)(H,97,98)/t82?,83-,84+,85+/m0/s1. The molecule has 0 aromatic carbocycles. The van der Waals surface area contributed by atoms with Crippen LogP contribution in [0.1, 0.15) is 472 Å². The summed E-state index contributed by atoms with van der Waals surface area (Å²) in [5, 5.41) is 10.7. The average Bonchev–Trinajstić information content (AvgIpc) is 0.900. The van der Waals surface area contributed by atoms with E-state index in [9.17, 15) is 43.2 Å². The number of carbonyl (C=O) groups is 4. The van der Waals surface area contributed by atoms with Crippen molar-refractivity contribution in [3.63, 3.8) is 0 Å². The lowest BCUT2D eigenvalue weighted by Gasteiger charge is -2.21. The Morgan fingerprint density at radius 3 is 0.704 bits per heavy atom. The van der Waals surface area contributed by atoms with Gasteiger partial charge in [-0.05, 0) is 43.4 Å². The van der Waals surface area contributed by atoms with Crippen LogP contribution in [0.4, 0.5) is 0 Å². The van der Waals surface area contributed by atoms with E-state index in [1.165, 1.54) is 283 Å². The van der Waals surface area contributed by atoms with Gasteiger partial charge in [0.2, 0.25) is 0 Å². The van der Waals surface area contributed by atoms with Gasteiger partial charge in [-0.3, -0.25) is 37.3 Å². The number of phosphoric acid groups is 2. The molecule has 0 aliphatic rings. The zero-order valence-electron chi connectivity index (χ0n) is 71.3. The monoisotopic (exact) mass is 1580 g/mol. The molecular weight excluding hydrogens is 1400 g/mol. The topological polar surface area (TPSA) is 237 Å². The third-order valence-corrected chi connectivity index (χ3v) is 23.1. The van der Waals surface area contributed by atoms with Crippen molar-refractivity contribution in [1.82, 2.24) is 0 Å². The van der Waals surface area contributed by atoms with E-state index in [1.807, 2.05) is 0 Å². The predicted octanol–water partition coefficient (Wildman–Crippen LogP) is 27.3. The minimum Gasteiger partial charge on any atom is -0.462 e. The number of esters is 4. The molecule has 17 nitrogen and oxygen atoms in total. The van der Waals surface area contributed by atoms with Crippen LogP contribution in [0.5, 0.6) is 0 Å². The molecule has 0 spiro atoms. The summed E-state index contributed by atoms with van der Waals surface area (Å²) in [5.74, 6) is 0.367. The second kappa shape index (κ2) is 78.9. The first-order valence-electron chi connectivity index (χ1n) is 45.9. The number of ether oxygens (including phenoxy) is 4. The van der Waals surface area contributed by atoms with E-state index >= 15 is 0 Å². The maximum atomic E-state index is 13.2. The molecule has 0 rings (SSSR count). The van der Waals surface area contributed by atoms with Crippen molar-refractivity contribution in [3.8, 4) is 0 Å². The number of rotatable bonds is 87. The third-order valence-electron chi connectivity index (χ3n) is 21.2. The minimum atomic E-state index is -4.97. The summed E-state index contributed by atoms with van der Waals surface area (Å²) >= 11 is 0. The summed E-state index contributed by atoms with van der Waals surface area (Å²) in [5.41, 5.74) is 0. The largest absolute Gasteiger partial charge is 0.472 e. The van der Waals surface area contributed by atoms with E-state index in [1.54, 1.807) is 0 Å². The van der Waals surface area contributed by atoms with Gasteiger partial charge in [0, 0.05) is 25.7 Å². The molecule has 0 amide bonds. The lowest BCUT2D eigenvalue weighted by Crippen LogP contribution is -2.30. The Kier molecular flexibility index (Phi) is 77.5. The fourth-order valence-electron chi connectivity index (χ4n) is 13.9. The van der Waals surface area contributed by atoms with Gasteiger partial charge < -0.3 is 33.8 Å². The first-order chi connectivity index (χ1) is 52.3. The van der Waals surface area contributed by atoms with Gasteiger partial charge in [-0.25, -0.2) is 9.13 Å². The first-order valence-corrected chi connectivity index (χ1v) is 48.9. The highest BCUT2D eigenvalue weighted by atomic mass is 31.2. The van der Waals surface area contributed by atoms with Crippen molar-refractivity contribution >= 4 is 39.5 Å². The second-order valence-corrected chi connectivity index (χ2v) is 36.1. The normalized spacial score (nSPS) is 14.1. The SMILES string of the molecule is CCCCCCCCCCCCCCC(=O)OC[C@H](COP(=O)(O)OC[C@H](O)COP(=O)(O)OC[C@@H](COC(=O)CCCCCCCCCCCCCCCCC(C)C)OC(=O)CCCCCCCCCCCCCCCCCCCCC(C)CC)OC(=O)CCCCCCCCCCCCCCCCC(C)C.